The van der Waals surface area contributed by atoms with Crippen molar-refractivity contribution < 1.29 is 5.11 Å². The lowest BCUT2D eigenvalue weighted by atomic mass is 10.1. The molecule has 4 aromatic rings. The zero-order chi connectivity index (χ0) is 21.4. The first-order valence-electron chi connectivity index (χ1n) is 10.5. The summed E-state index contributed by atoms with van der Waals surface area (Å²) in [6.45, 7) is 8.72. The summed E-state index contributed by atoms with van der Waals surface area (Å²) < 4.78 is 0. The number of thiazole rings is 1. The van der Waals surface area contributed by atoms with Gasteiger partial charge in [-0.3, -0.25) is 4.90 Å². The Morgan fingerprint density at radius 3 is 2.52 bits per heavy atom. The molecule has 0 unspecified atom stereocenters. The van der Waals surface area contributed by atoms with Gasteiger partial charge in [0.05, 0.1) is 21.8 Å². The first-order chi connectivity index (χ1) is 15.1. The third-order valence-electron chi connectivity index (χ3n) is 5.70. The van der Waals surface area contributed by atoms with Gasteiger partial charge in [-0.15, -0.1) is 11.3 Å². The van der Waals surface area contributed by atoms with Crippen LogP contribution < -0.4 is 4.90 Å². The Morgan fingerprint density at radius 1 is 0.968 bits per heavy atom. The molecule has 0 atom stereocenters. The summed E-state index contributed by atoms with van der Waals surface area (Å²) >= 11 is 1.71. The number of aromatic hydroxyl groups is 1. The SMILES string of the molecule is Cc1ccc2c(N3CCN(Cc4csc(C)n4)CC3)nc(-c3ccccc3O)nc2c1. The van der Waals surface area contributed by atoms with E-state index < -0.39 is 0 Å². The summed E-state index contributed by atoms with van der Waals surface area (Å²) in [6, 6.07) is 13.6. The lowest BCUT2D eigenvalue weighted by molar-refractivity contribution is 0.247. The number of aromatic nitrogens is 3. The van der Waals surface area contributed by atoms with Crippen LogP contribution in [0.25, 0.3) is 22.3 Å². The highest BCUT2D eigenvalue weighted by molar-refractivity contribution is 7.09. The van der Waals surface area contributed by atoms with Crippen molar-refractivity contribution in [1.82, 2.24) is 19.9 Å². The normalized spacial score (nSPS) is 15.0. The predicted molar refractivity (Wildman–Crippen MR) is 126 cm³/mol. The molecule has 1 aliphatic heterocycles. The average molecular weight is 432 g/mol. The smallest absolute Gasteiger partial charge is 0.165 e. The number of rotatable bonds is 4. The average Bonchev–Trinajstić information content (AvgIpc) is 3.18. The molecule has 0 bridgehead atoms. The first kappa shape index (κ1) is 19.9. The number of phenolic OH excluding ortho intramolecular Hbond substituents is 1. The van der Waals surface area contributed by atoms with Gasteiger partial charge in [-0.25, -0.2) is 15.0 Å². The summed E-state index contributed by atoms with van der Waals surface area (Å²) in [5.74, 6) is 1.70. The Balaban J connectivity index is 1.46. The van der Waals surface area contributed by atoms with E-state index in [9.17, 15) is 5.11 Å². The zero-order valence-electron chi connectivity index (χ0n) is 17.7. The molecule has 7 heteroatoms. The Hall–Kier alpha value is -3.03. The molecule has 2 aromatic carbocycles. The van der Waals surface area contributed by atoms with Gasteiger partial charge < -0.3 is 10.0 Å². The first-order valence-corrected chi connectivity index (χ1v) is 11.4. The number of hydrogen-bond acceptors (Lipinski definition) is 7. The van der Waals surface area contributed by atoms with Crippen LogP contribution in [0.3, 0.4) is 0 Å². The van der Waals surface area contributed by atoms with Crippen molar-refractivity contribution in [3.05, 3.63) is 64.1 Å². The Bertz CT molecular complexity index is 1230. The van der Waals surface area contributed by atoms with Gasteiger partial charge >= 0.3 is 0 Å². The number of nitrogens with zero attached hydrogens (tertiary/aromatic N) is 5. The van der Waals surface area contributed by atoms with Crippen molar-refractivity contribution in [3.63, 3.8) is 0 Å². The molecule has 5 rings (SSSR count). The van der Waals surface area contributed by atoms with Crippen molar-refractivity contribution in [2.24, 2.45) is 0 Å². The molecule has 0 amide bonds. The van der Waals surface area contributed by atoms with Crippen LogP contribution >= 0.6 is 11.3 Å². The second-order valence-electron chi connectivity index (χ2n) is 8.03. The van der Waals surface area contributed by atoms with Crippen LogP contribution in [0.2, 0.25) is 0 Å². The molecule has 6 nitrogen and oxygen atoms in total. The highest BCUT2D eigenvalue weighted by Crippen LogP contribution is 2.32. The number of piperazine rings is 1. The predicted octanol–water partition coefficient (Wildman–Crippen LogP) is 4.40. The van der Waals surface area contributed by atoms with E-state index in [0.29, 0.717) is 11.4 Å². The maximum atomic E-state index is 10.4. The number of hydrogen-bond donors (Lipinski definition) is 1. The lowest BCUT2D eigenvalue weighted by Gasteiger charge is -2.35. The van der Waals surface area contributed by atoms with Crippen molar-refractivity contribution in [2.75, 3.05) is 31.1 Å². The molecule has 1 aliphatic rings. The van der Waals surface area contributed by atoms with E-state index in [2.05, 4.69) is 52.2 Å². The lowest BCUT2D eigenvalue weighted by Crippen LogP contribution is -2.46. The quantitative estimate of drug-likeness (QED) is 0.517. The van der Waals surface area contributed by atoms with E-state index in [-0.39, 0.29) is 5.75 Å². The van der Waals surface area contributed by atoms with Gasteiger partial charge in [0, 0.05) is 43.5 Å². The highest BCUT2D eigenvalue weighted by Gasteiger charge is 2.22. The summed E-state index contributed by atoms with van der Waals surface area (Å²) in [4.78, 5) is 19.1. The fraction of sp³-hybridized carbons (Fsp3) is 0.292. The second kappa shape index (κ2) is 8.24. The third-order valence-corrected chi connectivity index (χ3v) is 6.52. The second-order valence-corrected chi connectivity index (χ2v) is 9.09. The van der Waals surface area contributed by atoms with Crippen LogP contribution in [-0.2, 0) is 6.54 Å². The van der Waals surface area contributed by atoms with Gasteiger partial charge in [0.2, 0.25) is 0 Å². The highest BCUT2D eigenvalue weighted by atomic mass is 32.1. The van der Waals surface area contributed by atoms with Gasteiger partial charge in [0.1, 0.15) is 11.6 Å². The van der Waals surface area contributed by atoms with Crippen LogP contribution in [0, 0.1) is 13.8 Å². The van der Waals surface area contributed by atoms with Gasteiger partial charge in [0.15, 0.2) is 5.82 Å². The minimum absolute atomic E-state index is 0.198. The van der Waals surface area contributed by atoms with Crippen LogP contribution in [0.15, 0.2) is 47.8 Å². The number of para-hydroxylation sites is 1. The standard InChI is InChI=1S/C24H25N5OS/c1-16-7-8-19-21(13-16)26-23(20-5-3-4-6-22(20)30)27-24(19)29-11-9-28(10-12-29)14-18-15-31-17(2)25-18/h3-8,13,15,30H,9-12,14H2,1-2H3. The minimum Gasteiger partial charge on any atom is -0.507 e. The molecule has 158 valence electrons. The van der Waals surface area contributed by atoms with E-state index in [0.717, 1.165) is 65.7 Å². The number of aryl methyl sites for hydroxylation is 2. The van der Waals surface area contributed by atoms with Gasteiger partial charge in [-0.1, -0.05) is 18.2 Å². The van der Waals surface area contributed by atoms with E-state index in [1.165, 1.54) is 0 Å². The minimum atomic E-state index is 0.198. The monoisotopic (exact) mass is 431 g/mol. The Morgan fingerprint density at radius 2 is 1.77 bits per heavy atom. The largest absolute Gasteiger partial charge is 0.507 e. The summed E-state index contributed by atoms with van der Waals surface area (Å²) in [5.41, 5.74) is 3.87. The Labute approximate surface area is 185 Å². The van der Waals surface area contributed by atoms with Crippen LogP contribution in [0.5, 0.6) is 5.75 Å². The number of benzene rings is 2. The van der Waals surface area contributed by atoms with E-state index in [1.54, 1.807) is 17.4 Å². The summed E-state index contributed by atoms with van der Waals surface area (Å²) in [6.07, 6.45) is 0. The van der Waals surface area contributed by atoms with E-state index in [4.69, 9.17) is 9.97 Å². The van der Waals surface area contributed by atoms with Crippen molar-refractivity contribution in [1.29, 1.82) is 0 Å². The number of fused-ring (bicyclic) bond motifs is 1. The molecule has 31 heavy (non-hydrogen) atoms. The fourth-order valence-corrected chi connectivity index (χ4v) is 4.68. The zero-order valence-corrected chi connectivity index (χ0v) is 18.6. The molecular weight excluding hydrogens is 406 g/mol. The van der Waals surface area contributed by atoms with Gasteiger partial charge in [-0.05, 0) is 43.7 Å². The van der Waals surface area contributed by atoms with Crippen LogP contribution in [0.1, 0.15) is 16.3 Å². The fourth-order valence-electron chi connectivity index (χ4n) is 4.07. The van der Waals surface area contributed by atoms with Crippen molar-refractivity contribution in [2.45, 2.75) is 20.4 Å². The van der Waals surface area contributed by atoms with E-state index in [1.807, 2.05) is 18.2 Å². The molecule has 1 N–H and O–H groups in total. The molecule has 1 fully saturated rings. The third kappa shape index (κ3) is 4.11. The molecule has 0 saturated carbocycles. The van der Waals surface area contributed by atoms with Crippen molar-refractivity contribution >= 4 is 28.1 Å². The van der Waals surface area contributed by atoms with Gasteiger partial charge in [-0.2, -0.15) is 0 Å². The molecule has 3 heterocycles. The maximum absolute atomic E-state index is 10.4. The molecule has 0 aliphatic carbocycles. The molecule has 2 aromatic heterocycles. The van der Waals surface area contributed by atoms with Crippen LogP contribution in [0.4, 0.5) is 5.82 Å². The summed E-state index contributed by atoms with van der Waals surface area (Å²) in [5, 5.41) is 14.7. The maximum Gasteiger partial charge on any atom is 0.165 e. The molecular formula is C24H25N5OS. The molecule has 1 saturated heterocycles. The Kier molecular flexibility index (Phi) is 5.29. The van der Waals surface area contributed by atoms with Gasteiger partial charge in [0.25, 0.3) is 0 Å². The molecule has 0 radical (unpaired) electrons. The van der Waals surface area contributed by atoms with E-state index >= 15 is 0 Å². The van der Waals surface area contributed by atoms with Crippen molar-refractivity contribution in [3.8, 4) is 17.1 Å². The summed E-state index contributed by atoms with van der Waals surface area (Å²) in [7, 11) is 0. The topological polar surface area (TPSA) is 65.4 Å². The van der Waals surface area contributed by atoms with Crippen LogP contribution in [-0.4, -0.2) is 51.1 Å². The number of phenols is 1. The molecule has 0 spiro atoms. The number of anilines is 1.